The van der Waals surface area contributed by atoms with Gasteiger partial charge in [-0.2, -0.15) is 0 Å². The van der Waals surface area contributed by atoms with Crippen molar-refractivity contribution < 1.29 is 14.3 Å². The molecule has 1 atom stereocenters. The number of amides is 1. The topological polar surface area (TPSA) is 73.3 Å². The first kappa shape index (κ1) is 10.8. The molecule has 0 bridgehead atoms. The van der Waals surface area contributed by atoms with Crippen molar-refractivity contribution in [2.24, 2.45) is 5.92 Å². The third-order valence-electron chi connectivity index (χ3n) is 2.40. The van der Waals surface area contributed by atoms with E-state index in [1.807, 2.05) is 0 Å². The van der Waals surface area contributed by atoms with Gasteiger partial charge < -0.3 is 14.8 Å². The van der Waals surface area contributed by atoms with Gasteiger partial charge in [0.2, 0.25) is 11.8 Å². The van der Waals surface area contributed by atoms with Crippen LogP contribution in [0.2, 0.25) is 0 Å². The number of aromatic nitrogens is 2. The maximum Gasteiger partial charge on any atom is 0.231 e. The zero-order valence-corrected chi connectivity index (χ0v) is 8.97. The second-order valence-corrected chi connectivity index (χ2v) is 3.50. The number of nitrogens with zero attached hydrogens (tertiary/aromatic N) is 2. The fourth-order valence-corrected chi connectivity index (χ4v) is 1.49. The minimum Gasteiger partial charge on any atom is -0.481 e. The number of carbonyl (C=O) groups is 1. The Balaban J connectivity index is 1.99. The van der Waals surface area contributed by atoms with Gasteiger partial charge in [-0.3, -0.25) is 4.79 Å². The number of hydrogen-bond acceptors (Lipinski definition) is 5. The Morgan fingerprint density at radius 1 is 1.62 bits per heavy atom. The summed E-state index contributed by atoms with van der Waals surface area (Å²) in [4.78, 5) is 19.5. The fourth-order valence-electron chi connectivity index (χ4n) is 1.49. The molecule has 0 aromatic carbocycles. The third-order valence-corrected chi connectivity index (χ3v) is 2.40. The molecule has 1 aromatic rings. The van der Waals surface area contributed by atoms with Crippen molar-refractivity contribution in [3.05, 3.63) is 12.4 Å². The van der Waals surface area contributed by atoms with E-state index in [-0.39, 0.29) is 11.8 Å². The van der Waals surface area contributed by atoms with Crippen LogP contribution in [0.5, 0.6) is 5.88 Å². The largest absolute Gasteiger partial charge is 0.481 e. The summed E-state index contributed by atoms with van der Waals surface area (Å²) in [6.45, 7) is 1.12. The van der Waals surface area contributed by atoms with Crippen LogP contribution in [0, 0.1) is 5.92 Å². The lowest BCUT2D eigenvalue weighted by molar-refractivity contribution is -0.119. The summed E-state index contributed by atoms with van der Waals surface area (Å²) in [5, 5.41) is 2.71. The van der Waals surface area contributed by atoms with E-state index in [0.29, 0.717) is 24.9 Å². The molecular formula is C10H13N3O3. The summed E-state index contributed by atoms with van der Waals surface area (Å²) in [7, 11) is 1.51. The third kappa shape index (κ3) is 2.46. The van der Waals surface area contributed by atoms with Crippen molar-refractivity contribution in [2.45, 2.75) is 6.42 Å². The molecule has 2 heterocycles. The predicted octanol–water partition coefficient (Wildman–Crippen LogP) is 0.460. The van der Waals surface area contributed by atoms with E-state index < -0.39 is 0 Å². The van der Waals surface area contributed by atoms with Gasteiger partial charge in [0, 0.05) is 12.7 Å². The Bertz CT molecular complexity index is 377. The van der Waals surface area contributed by atoms with Crippen LogP contribution in [-0.2, 0) is 9.53 Å². The standard InChI is InChI=1S/C10H13N3O3/c1-15-9-4-8(11-6-12-9)13-10(14)7-2-3-16-5-7/h4,6-7H,2-3,5H2,1H3,(H,11,12,13,14). The first-order chi connectivity index (χ1) is 7.79. The highest BCUT2D eigenvalue weighted by Gasteiger charge is 2.23. The molecule has 0 spiro atoms. The van der Waals surface area contributed by atoms with Crippen molar-refractivity contribution in [1.29, 1.82) is 0 Å². The molecular weight excluding hydrogens is 210 g/mol. The molecule has 1 aliphatic rings. The van der Waals surface area contributed by atoms with Crippen LogP contribution in [0.15, 0.2) is 12.4 Å². The van der Waals surface area contributed by atoms with Gasteiger partial charge in [0.1, 0.15) is 12.1 Å². The Morgan fingerprint density at radius 3 is 3.19 bits per heavy atom. The summed E-state index contributed by atoms with van der Waals surface area (Å²) in [5.74, 6) is 0.718. The maximum atomic E-state index is 11.7. The van der Waals surface area contributed by atoms with Gasteiger partial charge in [0.25, 0.3) is 0 Å². The Kier molecular flexibility index (Phi) is 3.31. The molecule has 6 nitrogen and oxygen atoms in total. The molecule has 1 fully saturated rings. The summed E-state index contributed by atoms with van der Waals surface area (Å²) >= 11 is 0. The molecule has 1 amide bonds. The molecule has 1 aliphatic heterocycles. The van der Waals surface area contributed by atoms with Crippen LogP contribution in [0.3, 0.4) is 0 Å². The lowest BCUT2D eigenvalue weighted by Crippen LogP contribution is -2.23. The highest BCUT2D eigenvalue weighted by atomic mass is 16.5. The van der Waals surface area contributed by atoms with Gasteiger partial charge in [-0.15, -0.1) is 0 Å². The van der Waals surface area contributed by atoms with Crippen molar-refractivity contribution in [3.63, 3.8) is 0 Å². The second kappa shape index (κ2) is 4.89. The van der Waals surface area contributed by atoms with E-state index in [9.17, 15) is 4.79 Å². The SMILES string of the molecule is COc1cc(NC(=O)C2CCOC2)ncn1. The zero-order chi connectivity index (χ0) is 11.4. The van der Waals surface area contributed by atoms with E-state index in [2.05, 4.69) is 15.3 Å². The highest BCUT2D eigenvalue weighted by molar-refractivity contribution is 5.91. The summed E-state index contributed by atoms with van der Waals surface area (Å²) < 4.78 is 10.1. The molecule has 1 unspecified atom stereocenters. The van der Waals surface area contributed by atoms with E-state index in [0.717, 1.165) is 6.42 Å². The Hall–Kier alpha value is -1.69. The van der Waals surface area contributed by atoms with Crippen LogP contribution in [0.4, 0.5) is 5.82 Å². The lowest BCUT2D eigenvalue weighted by atomic mass is 10.1. The van der Waals surface area contributed by atoms with Gasteiger partial charge in [0.05, 0.1) is 19.6 Å². The molecule has 6 heteroatoms. The molecule has 16 heavy (non-hydrogen) atoms. The predicted molar refractivity (Wildman–Crippen MR) is 56.1 cm³/mol. The van der Waals surface area contributed by atoms with Gasteiger partial charge in [-0.1, -0.05) is 0 Å². The van der Waals surface area contributed by atoms with Gasteiger partial charge in [0.15, 0.2) is 0 Å². The highest BCUT2D eigenvalue weighted by Crippen LogP contribution is 2.16. The smallest absolute Gasteiger partial charge is 0.231 e. The van der Waals surface area contributed by atoms with Crippen LogP contribution < -0.4 is 10.1 Å². The molecule has 1 aromatic heterocycles. The number of ether oxygens (including phenoxy) is 2. The average molecular weight is 223 g/mol. The van der Waals surface area contributed by atoms with Gasteiger partial charge >= 0.3 is 0 Å². The van der Waals surface area contributed by atoms with Crippen LogP contribution >= 0.6 is 0 Å². The van der Waals surface area contributed by atoms with Crippen LogP contribution in [0.1, 0.15) is 6.42 Å². The molecule has 0 aliphatic carbocycles. The quantitative estimate of drug-likeness (QED) is 0.805. The van der Waals surface area contributed by atoms with Crippen LogP contribution in [-0.4, -0.2) is 36.2 Å². The van der Waals surface area contributed by atoms with Crippen molar-refractivity contribution >= 4 is 11.7 Å². The maximum absolute atomic E-state index is 11.7. The summed E-state index contributed by atoms with van der Waals surface area (Å²) in [5.41, 5.74) is 0. The van der Waals surface area contributed by atoms with Crippen LogP contribution in [0.25, 0.3) is 0 Å². The molecule has 0 radical (unpaired) electrons. The minimum absolute atomic E-state index is 0.0711. The van der Waals surface area contributed by atoms with E-state index in [1.54, 1.807) is 6.07 Å². The lowest BCUT2D eigenvalue weighted by Gasteiger charge is -2.08. The average Bonchev–Trinajstić information content (AvgIpc) is 2.83. The van der Waals surface area contributed by atoms with Gasteiger partial charge in [-0.25, -0.2) is 9.97 Å². The number of anilines is 1. The first-order valence-electron chi connectivity index (χ1n) is 5.04. The number of rotatable bonds is 3. The molecule has 1 N–H and O–H groups in total. The zero-order valence-electron chi connectivity index (χ0n) is 8.97. The van der Waals surface area contributed by atoms with Crippen molar-refractivity contribution in [3.8, 4) is 5.88 Å². The molecule has 86 valence electrons. The van der Waals surface area contributed by atoms with E-state index >= 15 is 0 Å². The molecule has 1 saturated heterocycles. The van der Waals surface area contributed by atoms with E-state index in [4.69, 9.17) is 9.47 Å². The minimum atomic E-state index is -0.0824. The molecule has 0 saturated carbocycles. The first-order valence-corrected chi connectivity index (χ1v) is 5.04. The second-order valence-electron chi connectivity index (χ2n) is 3.50. The number of methoxy groups -OCH3 is 1. The summed E-state index contributed by atoms with van der Waals surface area (Å²) in [6.07, 6.45) is 2.10. The number of carbonyl (C=O) groups excluding carboxylic acids is 1. The normalized spacial score (nSPS) is 19.4. The summed E-state index contributed by atoms with van der Waals surface area (Å²) in [6, 6.07) is 1.58. The number of hydrogen-bond donors (Lipinski definition) is 1. The monoisotopic (exact) mass is 223 g/mol. The van der Waals surface area contributed by atoms with Crippen molar-refractivity contribution in [1.82, 2.24) is 9.97 Å². The van der Waals surface area contributed by atoms with E-state index in [1.165, 1.54) is 13.4 Å². The fraction of sp³-hybridized carbons (Fsp3) is 0.500. The Labute approximate surface area is 93.0 Å². The molecule has 2 rings (SSSR count). The van der Waals surface area contributed by atoms with Crippen molar-refractivity contribution in [2.75, 3.05) is 25.6 Å². The Morgan fingerprint density at radius 2 is 2.50 bits per heavy atom. The van der Waals surface area contributed by atoms with Gasteiger partial charge in [-0.05, 0) is 6.42 Å². The number of nitrogens with one attached hydrogen (secondary N) is 1.